The third kappa shape index (κ3) is 78.0. The summed E-state index contributed by atoms with van der Waals surface area (Å²) >= 11 is 0. The van der Waals surface area contributed by atoms with Crippen LogP contribution in [0, 0.1) is 17.8 Å². The largest absolute Gasteiger partial charge is 0.472 e. The molecule has 0 aliphatic carbocycles. The fourth-order valence-electron chi connectivity index (χ4n) is 13.0. The average Bonchev–Trinajstić information content (AvgIpc) is 0.926. The van der Waals surface area contributed by atoms with E-state index >= 15 is 0 Å². The molecule has 17 nitrogen and oxygen atoms in total. The van der Waals surface area contributed by atoms with E-state index in [1.165, 1.54) is 244 Å². The van der Waals surface area contributed by atoms with Crippen LogP contribution in [-0.2, 0) is 65.4 Å². The highest BCUT2D eigenvalue weighted by Gasteiger charge is 2.30. The van der Waals surface area contributed by atoms with Crippen LogP contribution in [0.5, 0.6) is 0 Å². The summed E-state index contributed by atoms with van der Waals surface area (Å²) < 4.78 is 68.7. The molecule has 2 unspecified atom stereocenters. The monoisotopic (exact) mass is 1510 g/mol. The number of ether oxygens (including phenoxy) is 4. The van der Waals surface area contributed by atoms with Gasteiger partial charge in [0, 0.05) is 25.7 Å². The first-order valence-electron chi connectivity index (χ1n) is 43.3. The molecule has 0 aliphatic heterocycles. The van der Waals surface area contributed by atoms with Gasteiger partial charge in [-0.05, 0) is 43.4 Å². The summed E-state index contributed by atoms with van der Waals surface area (Å²) in [6.07, 6.45) is 64.4. The summed E-state index contributed by atoms with van der Waals surface area (Å²) in [6, 6.07) is 0. The fourth-order valence-corrected chi connectivity index (χ4v) is 14.6. The molecule has 0 fully saturated rings. The highest BCUT2D eigenvalue weighted by molar-refractivity contribution is 7.47. The predicted molar refractivity (Wildman–Crippen MR) is 423 cm³/mol. The molecule has 0 saturated carbocycles. The molecule has 0 heterocycles. The molecule has 0 aromatic rings. The van der Waals surface area contributed by atoms with Crippen LogP contribution >= 0.6 is 15.6 Å². The van der Waals surface area contributed by atoms with Crippen molar-refractivity contribution in [3.63, 3.8) is 0 Å². The second-order valence-corrected chi connectivity index (χ2v) is 34.6. The number of esters is 4. The van der Waals surface area contributed by atoms with E-state index in [1.807, 2.05) is 0 Å². The number of phosphoric acid groups is 2. The van der Waals surface area contributed by atoms with Crippen molar-refractivity contribution in [1.82, 2.24) is 0 Å². The van der Waals surface area contributed by atoms with Gasteiger partial charge in [-0.1, -0.05) is 389 Å². The van der Waals surface area contributed by atoms with Crippen LogP contribution < -0.4 is 0 Å². The van der Waals surface area contributed by atoms with Crippen molar-refractivity contribution in [2.45, 2.75) is 458 Å². The zero-order chi connectivity index (χ0) is 75.8. The maximum absolute atomic E-state index is 13.1. The van der Waals surface area contributed by atoms with Crippen molar-refractivity contribution in [3.8, 4) is 0 Å². The van der Waals surface area contributed by atoms with Gasteiger partial charge in [0.2, 0.25) is 0 Å². The molecular formula is C84H164O17P2. The summed E-state index contributed by atoms with van der Waals surface area (Å²) in [6.45, 7) is 11.9. The van der Waals surface area contributed by atoms with Gasteiger partial charge in [-0.25, -0.2) is 9.13 Å². The van der Waals surface area contributed by atoms with E-state index in [-0.39, 0.29) is 25.7 Å². The Balaban J connectivity index is 5.17. The number of carbonyl (C=O) groups excluding carboxylic acids is 4. The molecule has 0 spiro atoms. The zero-order valence-electron chi connectivity index (χ0n) is 67.8. The molecule has 103 heavy (non-hydrogen) atoms. The summed E-state index contributed by atoms with van der Waals surface area (Å²) in [5.74, 6) is 0.106. The Bertz CT molecular complexity index is 1990. The first-order chi connectivity index (χ1) is 49.7. The van der Waals surface area contributed by atoms with Gasteiger partial charge in [-0.3, -0.25) is 37.3 Å². The van der Waals surface area contributed by atoms with E-state index in [2.05, 4.69) is 48.5 Å². The van der Waals surface area contributed by atoms with Gasteiger partial charge in [-0.15, -0.1) is 0 Å². The normalized spacial score (nSPS) is 13.9. The zero-order valence-corrected chi connectivity index (χ0v) is 69.6. The number of aliphatic hydroxyl groups is 1. The van der Waals surface area contributed by atoms with Gasteiger partial charge in [0.05, 0.1) is 26.4 Å². The van der Waals surface area contributed by atoms with Gasteiger partial charge >= 0.3 is 39.5 Å². The molecule has 0 aliphatic rings. The molecule has 0 aromatic heterocycles. The molecule has 0 aromatic carbocycles. The van der Waals surface area contributed by atoms with Gasteiger partial charge < -0.3 is 33.8 Å². The van der Waals surface area contributed by atoms with Crippen molar-refractivity contribution in [2.75, 3.05) is 39.6 Å². The topological polar surface area (TPSA) is 237 Å². The fraction of sp³-hybridized carbons (Fsp3) is 0.952. The first kappa shape index (κ1) is 101. The summed E-state index contributed by atoms with van der Waals surface area (Å²) in [7, 11) is -9.92. The lowest BCUT2D eigenvalue weighted by Gasteiger charge is -2.21. The third-order valence-electron chi connectivity index (χ3n) is 19.6. The molecule has 19 heteroatoms. The van der Waals surface area contributed by atoms with Crippen LogP contribution in [0.3, 0.4) is 0 Å². The van der Waals surface area contributed by atoms with E-state index in [4.69, 9.17) is 37.0 Å². The molecule has 5 atom stereocenters. The van der Waals surface area contributed by atoms with Gasteiger partial charge in [0.15, 0.2) is 12.2 Å². The van der Waals surface area contributed by atoms with Gasteiger partial charge in [0.25, 0.3) is 0 Å². The maximum Gasteiger partial charge on any atom is 0.472 e. The predicted octanol–water partition coefficient (Wildman–Crippen LogP) is 25.3. The van der Waals surface area contributed by atoms with Crippen LogP contribution in [0.4, 0.5) is 0 Å². The minimum Gasteiger partial charge on any atom is -0.462 e. The molecule has 3 N–H and O–H groups in total. The number of aliphatic hydroxyl groups excluding tert-OH is 1. The summed E-state index contributed by atoms with van der Waals surface area (Å²) in [5, 5.41) is 10.6. The molecule has 0 rings (SSSR count). The molecule has 612 valence electrons. The SMILES string of the molecule is CCCCCCCCCCCCCCCCCCCCCCCCC(=O)O[C@H](COC(=O)CCCCCCCCCCCCCCCCCCCCC(C)C)COP(=O)(O)OC[C@@H](O)COP(=O)(O)OC[C@@H](COC(=O)CCCCCCCCC(C)C)OC(=O)CCCCCCCCCCC(C)C. The average molecular weight is 1510 g/mol. The second kappa shape index (κ2) is 74.2. The van der Waals surface area contributed by atoms with E-state index in [1.54, 1.807) is 0 Å². The lowest BCUT2D eigenvalue weighted by atomic mass is 10.0. The van der Waals surface area contributed by atoms with Crippen LogP contribution in [0.1, 0.15) is 440 Å². The van der Waals surface area contributed by atoms with Crippen molar-refractivity contribution < 1.29 is 80.2 Å². The van der Waals surface area contributed by atoms with E-state index in [9.17, 15) is 43.2 Å². The maximum atomic E-state index is 13.1. The number of unbranched alkanes of at least 4 members (excludes halogenated alkanes) is 50. The van der Waals surface area contributed by atoms with Crippen molar-refractivity contribution in [1.29, 1.82) is 0 Å². The molecular weight excluding hydrogens is 1340 g/mol. The van der Waals surface area contributed by atoms with Crippen LogP contribution in [-0.4, -0.2) is 96.7 Å². The Kier molecular flexibility index (Phi) is 72.8. The van der Waals surface area contributed by atoms with Crippen molar-refractivity contribution >= 4 is 39.5 Å². The molecule has 0 saturated heterocycles. The number of hydrogen-bond donors (Lipinski definition) is 3. The minimum atomic E-state index is -4.96. The van der Waals surface area contributed by atoms with E-state index < -0.39 is 97.5 Å². The van der Waals surface area contributed by atoms with Gasteiger partial charge in [-0.2, -0.15) is 0 Å². The number of carbonyl (C=O) groups is 4. The first-order valence-corrected chi connectivity index (χ1v) is 46.3. The van der Waals surface area contributed by atoms with Crippen molar-refractivity contribution in [2.24, 2.45) is 17.8 Å². The highest BCUT2D eigenvalue weighted by atomic mass is 31.2. The Morgan fingerprint density at radius 1 is 0.262 bits per heavy atom. The minimum absolute atomic E-state index is 0.104. The van der Waals surface area contributed by atoms with E-state index in [0.717, 1.165) is 108 Å². The van der Waals surface area contributed by atoms with Crippen LogP contribution in [0.2, 0.25) is 0 Å². The Hall–Kier alpha value is -1.94. The van der Waals surface area contributed by atoms with Crippen LogP contribution in [0.25, 0.3) is 0 Å². The number of rotatable bonds is 82. The Morgan fingerprint density at radius 2 is 0.447 bits per heavy atom. The number of phosphoric ester groups is 2. The van der Waals surface area contributed by atoms with Gasteiger partial charge in [0.1, 0.15) is 19.3 Å². The quantitative estimate of drug-likeness (QED) is 0.0222. The summed E-state index contributed by atoms with van der Waals surface area (Å²) in [5.41, 5.74) is 0. The third-order valence-corrected chi connectivity index (χ3v) is 21.5. The number of hydrogen-bond acceptors (Lipinski definition) is 15. The Labute approximate surface area is 632 Å². The smallest absolute Gasteiger partial charge is 0.462 e. The van der Waals surface area contributed by atoms with E-state index in [0.29, 0.717) is 31.6 Å². The highest BCUT2D eigenvalue weighted by Crippen LogP contribution is 2.45. The lowest BCUT2D eigenvalue weighted by Crippen LogP contribution is -2.30. The molecule has 0 amide bonds. The summed E-state index contributed by atoms with van der Waals surface area (Å²) in [4.78, 5) is 73.0. The standard InChI is InChI=1S/C84H164O17P2/c1-8-9-10-11-12-13-14-15-16-17-18-19-20-21-26-29-32-35-38-44-53-60-67-83(88)100-79(71-94-81(86)65-58-51-43-37-34-31-28-25-23-22-24-27-30-33-36-41-48-55-62-75(2)3)73-98-102(90,91)96-69-78(85)70-97-103(92,93)99-74-80(72-95-82(87)66-59-52-47-46-50-57-64-77(6)7)101-84(89)68-61-54-45-40-39-42-49-56-63-76(4)5/h75-80,85H,8-74H2,1-7H3,(H,90,91)(H,92,93)/t78-,79-,80-/m1/s1. The molecule has 0 radical (unpaired) electrons. The Morgan fingerprint density at radius 3 is 0.660 bits per heavy atom. The second-order valence-electron chi connectivity index (χ2n) is 31.6. The van der Waals surface area contributed by atoms with Crippen molar-refractivity contribution in [3.05, 3.63) is 0 Å². The molecule has 0 bridgehead atoms. The lowest BCUT2D eigenvalue weighted by molar-refractivity contribution is -0.161. The van der Waals surface area contributed by atoms with Crippen LogP contribution in [0.15, 0.2) is 0 Å².